The van der Waals surface area contributed by atoms with Gasteiger partial charge in [0.25, 0.3) is 0 Å². The van der Waals surface area contributed by atoms with E-state index in [1.165, 1.54) is 0 Å². The molecule has 0 atom stereocenters. The molecule has 0 amide bonds. The second kappa shape index (κ2) is 7.12. The molecule has 0 aliphatic heterocycles. The standard InChI is InChI=1S/C16H16O8/c17-13(18)8-6-10(14(19)20)12(15(21)22)11(7-8)16(23)24-9-4-2-1-3-5-9/h6-7,9H,1-5H2,(H,17,18)(H,19,20)(H,21,22). The van der Waals surface area contributed by atoms with Crippen LogP contribution < -0.4 is 0 Å². The summed E-state index contributed by atoms with van der Waals surface area (Å²) in [6.07, 6.45) is 3.66. The van der Waals surface area contributed by atoms with E-state index in [1.54, 1.807) is 0 Å². The molecule has 0 radical (unpaired) electrons. The molecule has 1 aromatic carbocycles. The average Bonchev–Trinajstić information content (AvgIpc) is 2.54. The quantitative estimate of drug-likeness (QED) is 0.696. The van der Waals surface area contributed by atoms with Crippen LogP contribution in [0.5, 0.6) is 0 Å². The molecule has 3 N–H and O–H groups in total. The molecule has 0 aromatic heterocycles. The normalized spacial score (nSPS) is 14.8. The third-order valence-electron chi connectivity index (χ3n) is 3.88. The molecule has 1 aliphatic carbocycles. The fourth-order valence-electron chi connectivity index (χ4n) is 2.72. The van der Waals surface area contributed by atoms with Crippen molar-refractivity contribution in [3.05, 3.63) is 34.4 Å². The molecule has 1 aromatic rings. The molecule has 0 saturated heterocycles. The number of carbonyl (C=O) groups excluding carboxylic acids is 1. The molecule has 1 fully saturated rings. The lowest BCUT2D eigenvalue weighted by atomic mass is 9.96. The number of hydrogen-bond donors (Lipinski definition) is 3. The van der Waals surface area contributed by atoms with E-state index in [2.05, 4.69) is 0 Å². The molecule has 1 aliphatic rings. The highest BCUT2D eigenvalue weighted by Gasteiger charge is 2.29. The Labute approximate surface area is 136 Å². The number of carboxylic acid groups (broad SMARTS) is 3. The Balaban J connectivity index is 2.48. The van der Waals surface area contributed by atoms with Gasteiger partial charge in [0.1, 0.15) is 6.10 Å². The summed E-state index contributed by atoms with van der Waals surface area (Å²) in [6, 6.07) is 1.55. The van der Waals surface area contributed by atoms with Crippen LogP contribution in [0.2, 0.25) is 0 Å². The van der Waals surface area contributed by atoms with Crippen LogP contribution in [0.3, 0.4) is 0 Å². The lowest BCUT2D eigenvalue weighted by Crippen LogP contribution is -2.24. The Hall–Kier alpha value is -2.90. The van der Waals surface area contributed by atoms with Gasteiger partial charge in [0, 0.05) is 0 Å². The zero-order valence-electron chi connectivity index (χ0n) is 12.7. The Bertz CT molecular complexity index is 700. The van der Waals surface area contributed by atoms with Crippen molar-refractivity contribution in [1.82, 2.24) is 0 Å². The molecule has 8 nitrogen and oxygen atoms in total. The maximum atomic E-state index is 12.3. The third kappa shape index (κ3) is 3.70. The minimum Gasteiger partial charge on any atom is -0.478 e. The van der Waals surface area contributed by atoms with E-state index in [4.69, 9.17) is 14.9 Å². The van der Waals surface area contributed by atoms with Gasteiger partial charge in [0.2, 0.25) is 0 Å². The van der Waals surface area contributed by atoms with Crippen molar-refractivity contribution >= 4 is 23.9 Å². The fourth-order valence-corrected chi connectivity index (χ4v) is 2.72. The average molecular weight is 336 g/mol. The molecule has 1 saturated carbocycles. The number of rotatable bonds is 5. The first-order chi connectivity index (χ1) is 11.3. The lowest BCUT2D eigenvalue weighted by molar-refractivity contribution is 0.0206. The molecule has 2 rings (SSSR count). The van der Waals surface area contributed by atoms with Crippen LogP contribution in [0.1, 0.15) is 73.5 Å². The van der Waals surface area contributed by atoms with Crippen LogP contribution in [-0.2, 0) is 4.74 Å². The Morgan fingerprint density at radius 3 is 1.92 bits per heavy atom. The van der Waals surface area contributed by atoms with E-state index < -0.39 is 46.1 Å². The van der Waals surface area contributed by atoms with Crippen molar-refractivity contribution in [1.29, 1.82) is 0 Å². The molecule has 0 unspecified atom stereocenters. The first-order valence-electron chi connectivity index (χ1n) is 7.40. The van der Waals surface area contributed by atoms with Crippen molar-refractivity contribution in [2.24, 2.45) is 0 Å². The first-order valence-corrected chi connectivity index (χ1v) is 7.40. The zero-order chi connectivity index (χ0) is 17.9. The second-order valence-corrected chi connectivity index (χ2v) is 5.53. The van der Waals surface area contributed by atoms with Crippen LogP contribution in [-0.4, -0.2) is 45.3 Å². The van der Waals surface area contributed by atoms with Crippen molar-refractivity contribution < 1.29 is 39.2 Å². The van der Waals surface area contributed by atoms with Crippen molar-refractivity contribution in [3.63, 3.8) is 0 Å². The summed E-state index contributed by atoms with van der Waals surface area (Å²) in [5, 5.41) is 27.5. The van der Waals surface area contributed by atoms with E-state index >= 15 is 0 Å². The minimum absolute atomic E-state index is 0.380. The van der Waals surface area contributed by atoms with E-state index in [0.717, 1.165) is 25.3 Å². The predicted octanol–water partition coefficient (Wildman–Crippen LogP) is 2.27. The minimum atomic E-state index is -1.64. The zero-order valence-corrected chi connectivity index (χ0v) is 12.7. The highest BCUT2D eigenvalue weighted by Crippen LogP contribution is 2.24. The van der Waals surface area contributed by atoms with Crippen LogP contribution >= 0.6 is 0 Å². The highest BCUT2D eigenvalue weighted by molar-refractivity contribution is 6.11. The van der Waals surface area contributed by atoms with Crippen molar-refractivity contribution in [2.75, 3.05) is 0 Å². The summed E-state index contributed by atoms with van der Waals surface area (Å²) in [4.78, 5) is 46.1. The molecule has 0 bridgehead atoms. The molecular weight excluding hydrogens is 320 g/mol. The SMILES string of the molecule is O=C(O)c1cc(C(=O)O)c(C(=O)O)c(C(=O)OC2CCCCC2)c1. The van der Waals surface area contributed by atoms with E-state index in [9.17, 15) is 24.3 Å². The van der Waals surface area contributed by atoms with Crippen LogP contribution in [0.25, 0.3) is 0 Å². The summed E-state index contributed by atoms with van der Waals surface area (Å²) >= 11 is 0. The monoisotopic (exact) mass is 336 g/mol. The summed E-state index contributed by atoms with van der Waals surface area (Å²) in [5.41, 5.74) is -2.59. The molecular formula is C16H16O8. The largest absolute Gasteiger partial charge is 0.478 e. The van der Waals surface area contributed by atoms with Crippen LogP contribution in [0, 0.1) is 0 Å². The Kier molecular flexibility index (Phi) is 5.18. The number of esters is 1. The lowest BCUT2D eigenvalue weighted by Gasteiger charge is -2.22. The van der Waals surface area contributed by atoms with Crippen molar-refractivity contribution in [2.45, 2.75) is 38.2 Å². The molecule has 0 heterocycles. The summed E-state index contributed by atoms with van der Waals surface area (Å²) < 4.78 is 5.25. The molecule has 0 spiro atoms. The number of ether oxygens (including phenoxy) is 1. The van der Waals surface area contributed by atoms with Gasteiger partial charge in [-0.1, -0.05) is 6.42 Å². The molecule has 128 valence electrons. The summed E-state index contributed by atoms with van der Waals surface area (Å²) in [6.45, 7) is 0. The van der Waals surface area contributed by atoms with Gasteiger partial charge < -0.3 is 20.1 Å². The highest BCUT2D eigenvalue weighted by atomic mass is 16.5. The second-order valence-electron chi connectivity index (χ2n) is 5.53. The van der Waals surface area contributed by atoms with Gasteiger partial charge in [-0.15, -0.1) is 0 Å². The smallest absolute Gasteiger partial charge is 0.339 e. The number of carbonyl (C=O) groups is 4. The summed E-state index contributed by atoms with van der Waals surface area (Å²) in [5.74, 6) is -5.77. The third-order valence-corrected chi connectivity index (χ3v) is 3.88. The van der Waals surface area contributed by atoms with Gasteiger partial charge in [-0.3, -0.25) is 0 Å². The van der Waals surface area contributed by atoms with Gasteiger partial charge >= 0.3 is 23.9 Å². The van der Waals surface area contributed by atoms with Crippen LogP contribution in [0.15, 0.2) is 12.1 Å². The van der Waals surface area contributed by atoms with Gasteiger partial charge in [0.05, 0.1) is 22.3 Å². The van der Waals surface area contributed by atoms with E-state index in [-0.39, 0.29) is 6.10 Å². The number of carboxylic acids is 3. The van der Waals surface area contributed by atoms with Crippen molar-refractivity contribution in [3.8, 4) is 0 Å². The number of aromatic carboxylic acids is 3. The predicted molar refractivity (Wildman–Crippen MR) is 79.6 cm³/mol. The number of hydrogen-bond acceptors (Lipinski definition) is 5. The summed E-state index contributed by atoms with van der Waals surface area (Å²) in [7, 11) is 0. The van der Waals surface area contributed by atoms with Gasteiger partial charge in [0.15, 0.2) is 0 Å². The molecule has 24 heavy (non-hydrogen) atoms. The molecule has 8 heteroatoms. The maximum Gasteiger partial charge on any atom is 0.339 e. The first kappa shape index (κ1) is 17.5. The van der Waals surface area contributed by atoms with Gasteiger partial charge in [-0.25, -0.2) is 19.2 Å². The van der Waals surface area contributed by atoms with Crippen LogP contribution in [0.4, 0.5) is 0 Å². The van der Waals surface area contributed by atoms with E-state index in [1.807, 2.05) is 0 Å². The Morgan fingerprint density at radius 1 is 0.833 bits per heavy atom. The number of benzene rings is 1. The van der Waals surface area contributed by atoms with E-state index in [0.29, 0.717) is 18.9 Å². The van der Waals surface area contributed by atoms with Gasteiger partial charge in [-0.2, -0.15) is 0 Å². The maximum absolute atomic E-state index is 12.3. The van der Waals surface area contributed by atoms with Gasteiger partial charge in [-0.05, 0) is 37.8 Å². The Morgan fingerprint density at radius 2 is 1.42 bits per heavy atom. The fraction of sp³-hybridized carbons (Fsp3) is 0.375. The topological polar surface area (TPSA) is 138 Å².